The quantitative estimate of drug-likeness (QED) is 0.721. The molecule has 21 heavy (non-hydrogen) atoms. The van der Waals surface area contributed by atoms with Gasteiger partial charge in [0.05, 0.1) is 12.7 Å². The Bertz CT molecular complexity index is 482. The van der Waals surface area contributed by atoms with Crippen molar-refractivity contribution < 1.29 is 14.6 Å². The van der Waals surface area contributed by atoms with Crippen molar-refractivity contribution in [1.82, 2.24) is 5.32 Å². The molecule has 116 valence electrons. The van der Waals surface area contributed by atoms with Gasteiger partial charge in [0.1, 0.15) is 5.75 Å². The average Bonchev–Trinajstić information content (AvgIpc) is 2.45. The molecule has 0 aliphatic heterocycles. The van der Waals surface area contributed by atoms with Crippen molar-refractivity contribution in [1.29, 1.82) is 0 Å². The highest BCUT2D eigenvalue weighted by atomic mass is 16.5. The number of amides is 1. The number of hydrogen-bond acceptors (Lipinski definition) is 4. The van der Waals surface area contributed by atoms with Gasteiger partial charge >= 0.3 is 0 Å². The molecule has 0 atom stereocenters. The molecular weight excluding hydrogens is 268 g/mol. The van der Waals surface area contributed by atoms with Crippen LogP contribution < -0.4 is 11.1 Å². The van der Waals surface area contributed by atoms with Gasteiger partial charge in [0.25, 0.3) is 5.91 Å². The summed E-state index contributed by atoms with van der Waals surface area (Å²) in [5.74, 6) is 0.0321. The normalized spacial score (nSPS) is 22.0. The first-order chi connectivity index (χ1) is 10.1. The SMILES string of the molecule is Cc1cc(O)ccc1C(=O)NCCOC1CCC(N)CC1. The number of carbonyl (C=O) groups excluding carboxylic acids is 1. The van der Waals surface area contributed by atoms with Crippen LogP contribution in [0.15, 0.2) is 18.2 Å². The van der Waals surface area contributed by atoms with Crippen LogP contribution in [0.1, 0.15) is 41.6 Å². The number of rotatable bonds is 5. The molecule has 1 aliphatic rings. The molecule has 4 N–H and O–H groups in total. The van der Waals surface area contributed by atoms with Crippen LogP contribution >= 0.6 is 0 Å². The Labute approximate surface area is 125 Å². The van der Waals surface area contributed by atoms with Gasteiger partial charge < -0.3 is 20.9 Å². The van der Waals surface area contributed by atoms with E-state index in [9.17, 15) is 9.90 Å². The number of aromatic hydroxyl groups is 1. The second kappa shape index (κ2) is 7.43. The van der Waals surface area contributed by atoms with E-state index in [1.54, 1.807) is 19.1 Å². The minimum absolute atomic E-state index is 0.137. The molecule has 1 aliphatic carbocycles. The Morgan fingerprint density at radius 3 is 2.76 bits per heavy atom. The minimum atomic E-state index is -0.137. The molecule has 1 fully saturated rings. The lowest BCUT2D eigenvalue weighted by Crippen LogP contribution is -2.33. The van der Waals surface area contributed by atoms with Gasteiger partial charge in [-0.1, -0.05) is 0 Å². The molecule has 0 bridgehead atoms. The van der Waals surface area contributed by atoms with Gasteiger partial charge in [-0.3, -0.25) is 4.79 Å². The summed E-state index contributed by atoms with van der Waals surface area (Å²) < 4.78 is 5.76. The Hall–Kier alpha value is -1.59. The smallest absolute Gasteiger partial charge is 0.251 e. The summed E-state index contributed by atoms with van der Waals surface area (Å²) >= 11 is 0. The molecule has 1 amide bonds. The lowest BCUT2D eigenvalue weighted by Gasteiger charge is -2.26. The summed E-state index contributed by atoms with van der Waals surface area (Å²) in [5.41, 5.74) is 7.19. The molecule has 1 aromatic rings. The molecule has 2 rings (SSSR count). The fourth-order valence-electron chi connectivity index (χ4n) is 2.64. The van der Waals surface area contributed by atoms with Crippen LogP contribution in [0.4, 0.5) is 0 Å². The first kappa shape index (κ1) is 15.8. The highest BCUT2D eigenvalue weighted by Gasteiger charge is 2.18. The number of nitrogens with one attached hydrogen (secondary N) is 1. The number of phenols is 1. The van der Waals surface area contributed by atoms with Crippen molar-refractivity contribution in [2.75, 3.05) is 13.2 Å². The lowest BCUT2D eigenvalue weighted by atomic mass is 9.94. The third-order valence-electron chi connectivity index (χ3n) is 3.91. The second-order valence-electron chi connectivity index (χ2n) is 5.66. The van der Waals surface area contributed by atoms with Crippen molar-refractivity contribution in [2.24, 2.45) is 5.73 Å². The molecule has 5 heteroatoms. The second-order valence-corrected chi connectivity index (χ2v) is 5.66. The molecule has 1 aromatic carbocycles. The number of benzene rings is 1. The van der Waals surface area contributed by atoms with Crippen molar-refractivity contribution in [2.45, 2.75) is 44.8 Å². The van der Waals surface area contributed by atoms with E-state index in [4.69, 9.17) is 10.5 Å². The summed E-state index contributed by atoms with van der Waals surface area (Å²) in [6.45, 7) is 2.81. The lowest BCUT2D eigenvalue weighted by molar-refractivity contribution is 0.0267. The van der Waals surface area contributed by atoms with E-state index in [0.717, 1.165) is 31.2 Å². The van der Waals surface area contributed by atoms with Crippen LogP contribution in [0, 0.1) is 6.92 Å². The standard InChI is InChI=1S/C16H24N2O3/c1-11-10-13(19)4-7-15(11)16(20)18-8-9-21-14-5-2-12(17)3-6-14/h4,7,10,12,14,19H,2-3,5-6,8-9,17H2,1H3,(H,18,20). The van der Waals surface area contributed by atoms with E-state index in [0.29, 0.717) is 24.8 Å². The van der Waals surface area contributed by atoms with E-state index in [-0.39, 0.29) is 17.8 Å². The summed E-state index contributed by atoms with van der Waals surface area (Å²) in [6, 6.07) is 5.05. The number of aryl methyl sites for hydroxylation is 1. The number of hydrogen-bond donors (Lipinski definition) is 3. The third kappa shape index (κ3) is 4.72. The highest BCUT2D eigenvalue weighted by Crippen LogP contribution is 2.19. The van der Waals surface area contributed by atoms with Gasteiger partial charge in [-0.05, 0) is 56.4 Å². The summed E-state index contributed by atoms with van der Waals surface area (Å²) in [4.78, 5) is 12.0. The Morgan fingerprint density at radius 1 is 1.38 bits per heavy atom. The zero-order valence-electron chi connectivity index (χ0n) is 12.5. The molecule has 0 aromatic heterocycles. The zero-order chi connectivity index (χ0) is 15.2. The first-order valence-corrected chi connectivity index (χ1v) is 7.51. The van der Waals surface area contributed by atoms with Crippen molar-refractivity contribution in [3.63, 3.8) is 0 Å². The molecular formula is C16H24N2O3. The topological polar surface area (TPSA) is 84.6 Å². The molecule has 0 radical (unpaired) electrons. The van der Waals surface area contributed by atoms with E-state index in [1.807, 2.05) is 0 Å². The number of carbonyl (C=O) groups is 1. The Balaban J connectivity index is 1.69. The predicted octanol–water partition coefficient (Wildman–Crippen LogP) is 1.72. The number of phenolic OH excluding ortho intramolecular Hbond substituents is 1. The monoisotopic (exact) mass is 292 g/mol. The fraction of sp³-hybridized carbons (Fsp3) is 0.562. The fourth-order valence-corrected chi connectivity index (χ4v) is 2.64. The summed E-state index contributed by atoms with van der Waals surface area (Å²) in [7, 11) is 0. The van der Waals surface area contributed by atoms with Crippen LogP contribution in [0.5, 0.6) is 5.75 Å². The predicted molar refractivity (Wildman–Crippen MR) is 81.4 cm³/mol. The summed E-state index contributed by atoms with van der Waals surface area (Å²) in [5, 5.41) is 12.2. The van der Waals surface area contributed by atoms with E-state index < -0.39 is 0 Å². The first-order valence-electron chi connectivity index (χ1n) is 7.51. The van der Waals surface area contributed by atoms with Crippen molar-refractivity contribution >= 4 is 5.91 Å². The highest BCUT2D eigenvalue weighted by molar-refractivity contribution is 5.95. The van der Waals surface area contributed by atoms with Gasteiger partial charge in [0, 0.05) is 18.2 Å². The zero-order valence-corrected chi connectivity index (χ0v) is 12.5. The van der Waals surface area contributed by atoms with Crippen LogP contribution in [0.2, 0.25) is 0 Å². The molecule has 0 unspecified atom stereocenters. The van der Waals surface area contributed by atoms with Gasteiger partial charge in [-0.25, -0.2) is 0 Å². The maximum Gasteiger partial charge on any atom is 0.251 e. The van der Waals surface area contributed by atoms with Crippen LogP contribution in [-0.4, -0.2) is 36.3 Å². The van der Waals surface area contributed by atoms with E-state index in [1.165, 1.54) is 6.07 Å². The Morgan fingerprint density at radius 2 is 2.10 bits per heavy atom. The maximum absolute atomic E-state index is 12.0. The molecule has 1 saturated carbocycles. The van der Waals surface area contributed by atoms with Crippen LogP contribution in [0.3, 0.4) is 0 Å². The van der Waals surface area contributed by atoms with Gasteiger partial charge in [0.2, 0.25) is 0 Å². The van der Waals surface area contributed by atoms with Crippen LogP contribution in [-0.2, 0) is 4.74 Å². The number of nitrogens with two attached hydrogens (primary N) is 1. The third-order valence-corrected chi connectivity index (χ3v) is 3.91. The van der Waals surface area contributed by atoms with Gasteiger partial charge in [-0.15, -0.1) is 0 Å². The van der Waals surface area contributed by atoms with Crippen LogP contribution in [0.25, 0.3) is 0 Å². The average molecular weight is 292 g/mol. The van der Waals surface area contributed by atoms with E-state index in [2.05, 4.69) is 5.32 Å². The Kier molecular flexibility index (Phi) is 5.59. The van der Waals surface area contributed by atoms with Crippen molar-refractivity contribution in [3.8, 4) is 5.75 Å². The summed E-state index contributed by atoms with van der Waals surface area (Å²) in [6.07, 6.45) is 4.32. The molecule has 0 saturated heterocycles. The minimum Gasteiger partial charge on any atom is -0.508 e. The molecule has 5 nitrogen and oxygen atoms in total. The largest absolute Gasteiger partial charge is 0.508 e. The molecule has 0 spiro atoms. The van der Waals surface area contributed by atoms with Gasteiger partial charge in [-0.2, -0.15) is 0 Å². The number of ether oxygens (including phenoxy) is 1. The van der Waals surface area contributed by atoms with Crippen molar-refractivity contribution in [3.05, 3.63) is 29.3 Å². The van der Waals surface area contributed by atoms with E-state index >= 15 is 0 Å². The van der Waals surface area contributed by atoms with Gasteiger partial charge in [0.15, 0.2) is 0 Å². The maximum atomic E-state index is 12.0. The molecule has 0 heterocycles.